The Balaban J connectivity index is 4.24. The number of allylic oxidation sites excluding steroid dienone is 18. The zero-order valence-corrected chi connectivity index (χ0v) is 49.0. The lowest BCUT2D eigenvalue weighted by Crippen LogP contribution is -2.30. The lowest BCUT2D eigenvalue weighted by Gasteiger charge is -2.18. The highest BCUT2D eigenvalue weighted by molar-refractivity contribution is 5.71. The van der Waals surface area contributed by atoms with E-state index in [0.29, 0.717) is 19.3 Å². The average molecular weight is 1040 g/mol. The van der Waals surface area contributed by atoms with Gasteiger partial charge in [0.25, 0.3) is 0 Å². The van der Waals surface area contributed by atoms with Crippen LogP contribution in [0.1, 0.15) is 290 Å². The molecule has 0 N–H and O–H groups in total. The first kappa shape index (κ1) is 71.1. The van der Waals surface area contributed by atoms with Crippen LogP contribution in [-0.2, 0) is 28.6 Å². The Morgan fingerprint density at radius 2 is 0.520 bits per heavy atom. The molecular formula is C69H116O6. The van der Waals surface area contributed by atoms with Crippen LogP contribution in [0.5, 0.6) is 0 Å². The molecule has 0 aromatic heterocycles. The standard InChI is InChI=1S/C69H116O6/c1-4-7-10-13-16-19-21-23-25-27-29-31-32-33-34-35-36-38-39-41-43-45-47-50-53-56-59-62-68(71)74-65-66(64-73-67(70)61-58-55-52-49-18-15-12-9-6-3)75-69(72)63-60-57-54-51-48-46-44-42-40-37-30-28-26-24-22-20-17-14-11-8-5-2/h7-8,10-11,16-17,19-20,23-26,29-31,33-34,37,66H,4-6,9,12-15,18,21-22,27-28,32,35-36,38-65H2,1-3H3/b10-7-,11-8-,19-16-,20-17-,25-23-,26-24-,31-29-,34-33-,37-30-. The van der Waals surface area contributed by atoms with Gasteiger partial charge in [0, 0.05) is 19.3 Å². The maximum Gasteiger partial charge on any atom is 0.306 e. The number of carbonyl (C=O) groups excluding carboxylic acids is 3. The highest BCUT2D eigenvalue weighted by atomic mass is 16.6. The van der Waals surface area contributed by atoms with Gasteiger partial charge in [-0.1, -0.05) is 278 Å². The van der Waals surface area contributed by atoms with Crippen molar-refractivity contribution in [1.82, 2.24) is 0 Å². The van der Waals surface area contributed by atoms with Crippen LogP contribution in [0.4, 0.5) is 0 Å². The van der Waals surface area contributed by atoms with E-state index < -0.39 is 6.10 Å². The summed E-state index contributed by atoms with van der Waals surface area (Å²) in [6.45, 7) is 6.40. The normalized spacial score (nSPS) is 12.8. The summed E-state index contributed by atoms with van der Waals surface area (Å²) < 4.78 is 16.9. The second-order valence-corrected chi connectivity index (χ2v) is 20.6. The highest BCUT2D eigenvalue weighted by Crippen LogP contribution is 2.16. The first-order valence-corrected chi connectivity index (χ1v) is 31.4. The Hall–Kier alpha value is -3.93. The highest BCUT2D eigenvalue weighted by Gasteiger charge is 2.19. The maximum absolute atomic E-state index is 12.9. The van der Waals surface area contributed by atoms with Crippen LogP contribution in [0.25, 0.3) is 0 Å². The van der Waals surface area contributed by atoms with Gasteiger partial charge < -0.3 is 14.2 Å². The molecule has 0 bridgehead atoms. The van der Waals surface area contributed by atoms with Crippen LogP contribution in [0.15, 0.2) is 109 Å². The maximum atomic E-state index is 12.9. The minimum absolute atomic E-state index is 0.0807. The van der Waals surface area contributed by atoms with Crippen molar-refractivity contribution in [3.8, 4) is 0 Å². The predicted octanol–water partition coefficient (Wildman–Crippen LogP) is 21.4. The van der Waals surface area contributed by atoms with E-state index in [1.54, 1.807) is 0 Å². The third kappa shape index (κ3) is 60.8. The Bertz CT molecular complexity index is 1520. The van der Waals surface area contributed by atoms with E-state index in [-0.39, 0.29) is 31.1 Å². The van der Waals surface area contributed by atoms with Crippen molar-refractivity contribution in [1.29, 1.82) is 0 Å². The predicted molar refractivity (Wildman–Crippen MR) is 325 cm³/mol. The Morgan fingerprint density at radius 3 is 0.813 bits per heavy atom. The van der Waals surface area contributed by atoms with Gasteiger partial charge in [-0.15, -0.1) is 0 Å². The molecule has 0 aromatic carbocycles. The lowest BCUT2D eigenvalue weighted by molar-refractivity contribution is -0.167. The summed E-state index contributed by atoms with van der Waals surface area (Å²) in [7, 11) is 0. The number of hydrogen-bond acceptors (Lipinski definition) is 6. The van der Waals surface area contributed by atoms with Gasteiger partial charge in [0.2, 0.25) is 0 Å². The van der Waals surface area contributed by atoms with E-state index in [2.05, 4.69) is 130 Å². The average Bonchev–Trinajstić information content (AvgIpc) is 3.41. The van der Waals surface area contributed by atoms with Crippen molar-refractivity contribution in [3.05, 3.63) is 109 Å². The van der Waals surface area contributed by atoms with Crippen LogP contribution in [0, 0.1) is 0 Å². The first-order chi connectivity index (χ1) is 37.0. The topological polar surface area (TPSA) is 78.9 Å². The monoisotopic (exact) mass is 1040 g/mol. The summed E-state index contributed by atoms with van der Waals surface area (Å²) in [5.41, 5.74) is 0. The Labute approximate surface area is 463 Å². The SMILES string of the molecule is CC/C=C\C/C=C\C/C=C\C/C=C\C/C=C\CCCCCCCCCCCCCC(=O)OCC(COC(=O)CCCCCCCCCCC)OC(=O)CCCCCCCCCC/C=C\C/C=C\C/C=C\C/C=C\CC. The molecule has 0 aliphatic rings. The summed E-state index contributed by atoms with van der Waals surface area (Å²) in [5.74, 6) is -0.889. The summed E-state index contributed by atoms with van der Waals surface area (Å²) in [5, 5.41) is 0. The number of rotatable bonds is 56. The number of esters is 3. The second-order valence-electron chi connectivity index (χ2n) is 20.6. The lowest BCUT2D eigenvalue weighted by atomic mass is 10.0. The molecule has 1 unspecified atom stereocenters. The third-order valence-electron chi connectivity index (χ3n) is 13.3. The van der Waals surface area contributed by atoms with Gasteiger partial charge in [0.15, 0.2) is 6.10 Å². The molecule has 6 heteroatoms. The zero-order chi connectivity index (χ0) is 54.3. The molecule has 6 nitrogen and oxygen atoms in total. The zero-order valence-electron chi connectivity index (χ0n) is 49.0. The van der Waals surface area contributed by atoms with Crippen molar-refractivity contribution in [3.63, 3.8) is 0 Å². The fraction of sp³-hybridized carbons (Fsp3) is 0.696. The third-order valence-corrected chi connectivity index (χ3v) is 13.3. The molecule has 428 valence electrons. The Kier molecular flexibility index (Phi) is 59.3. The summed E-state index contributed by atoms with van der Waals surface area (Å²) in [4.78, 5) is 38.2. The molecule has 0 fully saturated rings. The van der Waals surface area contributed by atoms with Crippen molar-refractivity contribution >= 4 is 17.9 Å². The van der Waals surface area contributed by atoms with Crippen LogP contribution >= 0.6 is 0 Å². The van der Waals surface area contributed by atoms with E-state index >= 15 is 0 Å². The molecule has 0 spiro atoms. The molecule has 0 saturated carbocycles. The van der Waals surface area contributed by atoms with E-state index in [9.17, 15) is 14.4 Å². The van der Waals surface area contributed by atoms with Crippen molar-refractivity contribution in [2.24, 2.45) is 0 Å². The van der Waals surface area contributed by atoms with Crippen molar-refractivity contribution in [2.75, 3.05) is 13.2 Å². The van der Waals surface area contributed by atoms with Crippen LogP contribution < -0.4 is 0 Å². The molecule has 0 heterocycles. The minimum atomic E-state index is -0.783. The molecule has 0 amide bonds. The fourth-order valence-corrected chi connectivity index (χ4v) is 8.64. The number of ether oxygens (including phenoxy) is 3. The van der Waals surface area contributed by atoms with Crippen LogP contribution in [0.2, 0.25) is 0 Å². The molecule has 0 aliphatic heterocycles. The summed E-state index contributed by atoms with van der Waals surface area (Å²) in [6.07, 6.45) is 85.3. The molecule has 0 aromatic rings. The molecule has 0 saturated heterocycles. The fourth-order valence-electron chi connectivity index (χ4n) is 8.64. The van der Waals surface area contributed by atoms with Gasteiger partial charge >= 0.3 is 17.9 Å². The molecule has 75 heavy (non-hydrogen) atoms. The molecular weight excluding hydrogens is 925 g/mol. The van der Waals surface area contributed by atoms with Gasteiger partial charge in [-0.05, 0) is 103 Å². The van der Waals surface area contributed by atoms with Crippen LogP contribution in [0.3, 0.4) is 0 Å². The van der Waals surface area contributed by atoms with Gasteiger partial charge in [-0.25, -0.2) is 0 Å². The van der Waals surface area contributed by atoms with Gasteiger partial charge in [0.05, 0.1) is 0 Å². The van der Waals surface area contributed by atoms with Gasteiger partial charge in [-0.3, -0.25) is 14.4 Å². The number of unbranched alkanes of at least 4 members (excludes halogenated alkanes) is 27. The minimum Gasteiger partial charge on any atom is -0.462 e. The van der Waals surface area contributed by atoms with E-state index in [1.165, 1.54) is 128 Å². The van der Waals surface area contributed by atoms with Gasteiger partial charge in [-0.2, -0.15) is 0 Å². The number of hydrogen-bond donors (Lipinski definition) is 0. The van der Waals surface area contributed by atoms with E-state index in [1.807, 2.05) is 0 Å². The van der Waals surface area contributed by atoms with E-state index in [4.69, 9.17) is 14.2 Å². The van der Waals surface area contributed by atoms with Crippen molar-refractivity contribution < 1.29 is 28.6 Å². The molecule has 0 rings (SSSR count). The van der Waals surface area contributed by atoms with E-state index in [0.717, 1.165) is 122 Å². The number of carbonyl (C=O) groups is 3. The summed E-state index contributed by atoms with van der Waals surface area (Å²) >= 11 is 0. The smallest absolute Gasteiger partial charge is 0.306 e. The first-order valence-electron chi connectivity index (χ1n) is 31.4. The van der Waals surface area contributed by atoms with Crippen LogP contribution in [-0.4, -0.2) is 37.2 Å². The molecule has 0 aliphatic carbocycles. The largest absolute Gasteiger partial charge is 0.462 e. The second kappa shape index (κ2) is 62.6. The summed E-state index contributed by atoms with van der Waals surface area (Å²) in [6, 6.07) is 0. The van der Waals surface area contributed by atoms with Crippen molar-refractivity contribution in [2.45, 2.75) is 297 Å². The molecule has 0 radical (unpaired) electrons. The van der Waals surface area contributed by atoms with Gasteiger partial charge in [0.1, 0.15) is 13.2 Å². The quantitative estimate of drug-likeness (QED) is 0.0261. The molecule has 1 atom stereocenters. The Morgan fingerprint density at radius 1 is 0.280 bits per heavy atom.